The van der Waals surface area contributed by atoms with Crippen molar-refractivity contribution in [3.05, 3.63) is 76.5 Å². The van der Waals surface area contributed by atoms with Gasteiger partial charge in [0.25, 0.3) is 0 Å². The van der Waals surface area contributed by atoms with Crippen molar-refractivity contribution in [1.29, 1.82) is 0 Å². The van der Waals surface area contributed by atoms with Gasteiger partial charge in [0, 0.05) is 12.2 Å². The molecule has 2 aromatic carbocycles. The Balaban J connectivity index is 1.64. The van der Waals surface area contributed by atoms with Crippen molar-refractivity contribution in [2.45, 2.75) is 30.3 Å². The lowest BCUT2D eigenvalue weighted by molar-refractivity contribution is -0.115. The smallest absolute Gasteiger partial charge is 0.325 e. The summed E-state index contributed by atoms with van der Waals surface area (Å²) in [6.45, 7) is 2.17. The summed E-state index contributed by atoms with van der Waals surface area (Å²) in [6, 6.07) is 15.5. The van der Waals surface area contributed by atoms with E-state index in [-0.39, 0.29) is 11.6 Å². The van der Waals surface area contributed by atoms with Crippen LogP contribution >= 0.6 is 11.8 Å². The highest BCUT2D eigenvalue weighted by Crippen LogP contribution is 2.22. The molecule has 0 saturated carbocycles. The summed E-state index contributed by atoms with van der Waals surface area (Å²) in [6.07, 6.45) is 0.678. The zero-order chi connectivity index (χ0) is 19.2. The van der Waals surface area contributed by atoms with Gasteiger partial charge in [-0.25, -0.2) is 14.3 Å². The fraction of sp³-hybridized carbons (Fsp3) is 0.211. The SMILES string of the molecule is C[C@H](Sc1n[nH]c(=O)n1CCc1ccccc1)C(=O)Nc1cccc(F)c1. The number of rotatable bonds is 7. The maximum Gasteiger partial charge on any atom is 0.343 e. The molecule has 8 heteroatoms. The lowest BCUT2D eigenvalue weighted by atomic mass is 10.1. The number of aryl methyl sites for hydroxylation is 1. The Labute approximate surface area is 159 Å². The molecule has 3 rings (SSSR count). The van der Waals surface area contributed by atoms with Crippen LogP contribution in [0.2, 0.25) is 0 Å². The molecule has 3 aromatic rings. The first-order chi connectivity index (χ1) is 13.0. The molecule has 0 aliphatic carbocycles. The first-order valence-corrected chi connectivity index (χ1v) is 9.33. The standard InChI is InChI=1S/C19H19FN4O2S/c1-13(17(25)21-16-9-5-8-15(20)12-16)27-19-23-22-18(26)24(19)11-10-14-6-3-2-4-7-14/h2-9,12-13H,10-11H2,1H3,(H,21,25)(H,22,26)/t13-/m0/s1. The maximum absolute atomic E-state index is 13.2. The molecule has 1 aromatic heterocycles. The number of carbonyl (C=O) groups is 1. The molecule has 0 spiro atoms. The first-order valence-electron chi connectivity index (χ1n) is 8.45. The van der Waals surface area contributed by atoms with Gasteiger partial charge in [-0.05, 0) is 37.1 Å². The molecule has 0 fully saturated rings. The number of halogens is 1. The molecule has 0 aliphatic heterocycles. The number of amides is 1. The van der Waals surface area contributed by atoms with Crippen molar-refractivity contribution in [3.8, 4) is 0 Å². The van der Waals surface area contributed by atoms with E-state index in [9.17, 15) is 14.0 Å². The van der Waals surface area contributed by atoms with Crippen LogP contribution in [0.5, 0.6) is 0 Å². The lowest BCUT2D eigenvalue weighted by Gasteiger charge is -2.12. The molecule has 0 unspecified atom stereocenters. The summed E-state index contributed by atoms with van der Waals surface area (Å²) in [5.74, 6) is -0.717. The Morgan fingerprint density at radius 2 is 2.04 bits per heavy atom. The maximum atomic E-state index is 13.2. The zero-order valence-electron chi connectivity index (χ0n) is 14.7. The highest BCUT2D eigenvalue weighted by molar-refractivity contribution is 8.00. The third-order valence-electron chi connectivity index (χ3n) is 3.93. The molecule has 1 amide bonds. The third kappa shape index (κ3) is 5.07. The largest absolute Gasteiger partial charge is 0.343 e. The van der Waals surface area contributed by atoms with E-state index in [0.717, 1.165) is 5.56 Å². The number of benzene rings is 2. The average Bonchev–Trinajstić information content (AvgIpc) is 3.00. The highest BCUT2D eigenvalue weighted by atomic mass is 32.2. The summed E-state index contributed by atoms with van der Waals surface area (Å²) < 4.78 is 14.8. The van der Waals surface area contributed by atoms with E-state index in [4.69, 9.17) is 0 Å². The highest BCUT2D eigenvalue weighted by Gasteiger charge is 2.19. The van der Waals surface area contributed by atoms with Gasteiger partial charge in [-0.3, -0.25) is 9.36 Å². The Morgan fingerprint density at radius 3 is 2.78 bits per heavy atom. The quantitative estimate of drug-likeness (QED) is 0.612. The molecular formula is C19H19FN4O2S. The van der Waals surface area contributed by atoms with Crippen molar-refractivity contribution in [2.24, 2.45) is 0 Å². The molecular weight excluding hydrogens is 367 g/mol. The monoisotopic (exact) mass is 386 g/mol. The Bertz CT molecular complexity index is 971. The fourth-order valence-electron chi connectivity index (χ4n) is 2.50. The van der Waals surface area contributed by atoms with E-state index in [2.05, 4.69) is 15.5 Å². The number of aromatic amines is 1. The first kappa shape index (κ1) is 18.9. The van der Waals surface area contributed by atoms with Crippen LogP contribution in [0.4, 0.5) is 10.1 Å². The van der Waals surface area contributed by atoms with Crippen LogP contribution in [0, 0.1) is 5.82 Å². The number of H-pyrrole nitrogens is 1. The Hall–Kier alpha value is -2.87. The number of aromatic nitrogens is 3. The number of carbonyl (C=O) groups excluding carboxylic acids is 1. The fourth-order valence-corrected chi connectivity index (χ4v) is 3.38. The van der Waals surface area contributed by atoms with E-state index in [1.54, 1.807) is 13.0 Å². The zero-order valence-corrected chi connectivity index (χ0v) is 15.5. The van der Waals surface area contributed by atoms with Gasteiger partial charge in [0.1, 0.15) is 5.82 Å². The van der Waals surface area contributed by atoms with Crippen molar-refractivity contribution >= 4 is 23.4 Å². The van der Waals surface area contributed by atoms with E-state index < -0.39 is 11.1 Å². The van der Waals surface area contributed by atoms with Crippen LogP contribution in [-0.2, 0) is 17.8 Å². The Morgan fingerprint density at radius 1 is 1.26 bits per heavy atom. The van der Waals surface area contributed by atoms with Crippen LogP contribution in [-0.4, -0.2) is 25.9 Å². The second-order valence-corrected chi connectivity index (χ2v) is 7.27. The van der Waals surface area contributed by atoms with Gasteiger partial charge in [-0.1, -0.05) is 48.2 Å². The molecule has 0 radical (unpaired) electrons. The topological polar surface area (TPSA) is 79.8 Å². The minimum Gasteiger partial charge on any atom is -0.325 e. The van der Waals surface area contributed by atoms with Crippen LogP contribution in [0.1, 0.15) is 12.5 Å². The minimum absolute atomic E-state index is 0.296. The van der Waals surface area contributed by atoms with Crippen LogP contribution in [0.3, 0.4) is 0 Å². The predicted molar refractivity (Wildman–Crippen MR) is 103 cm³/mol. The normalized spacial score (nSPS) is 11.9. The molecule has 1 heterocycles. The van der Waals surface area contributed by atoms with Crippen LogP contribution < -0.4 is 11.0 Å². The second kappa shape index (κ2) is 8.68. The second-order valence-electron chi connectivity index (χ2n) is 5.96. The van der Waals surface area contributed by atoms with Gasteiger partial charge in [0.05, 0.1) is 5.25 Å². The molecule has 6 nitrogen and oxygen atoms in total. The van der Waals surface area contributed by atoms with Crippen molar-refractivity contribution in [1.82, 2.24) is 14.8 Å². The van der Waals surface area contributed by atoms with Crippen molar-refractivity contribution in [3.63, 3.8) is 0 Å². The number of hydrogen-bond donors (Lipinski definition) is 2. The average molecular weight is 386 g/mol. The van der Waals surface area contributed by atoms with E-state index in [0.29, 0.717) is 23.8 Å². The molecule has 27 heavy (non-hydrogen) atoms. The van der Waals surface area contributed by atoms with Gasteiger partial charge in [-0.15, -0.1) is 5.10 Å². The van der Waals surface area contributed by atoms with E-state index in [1.165, 1.54) is 34.5 Å². The van der Waals surface area contributed by atoms with Crippen molar-refractivity contribution in [2.75, 3.05) is 5.32 Å². The van der Waals surface area contributed by atoms with Gasteiger partial charge >= 0.3 is 5.69 Å². The predicted octanol–water partition coefficient (Wildman–Crippen LogP) is 3.07. The molecule has 140 valence electrons. The molecule has 0 bridgehead atoms. The van der Waals surface area contributed by atoms with E-state index >= 15 is 0 Å². The van der Waals surface area contributed by atoms with Crippen LogP contribution in [0.15, 0.2) is 64.5 Å². The number of thioether (sulfide) groups is 1. The van der Waals surface area contributed by atoms with Crippen LogP contribution in [0.25, 0.3) is 0 Å². The number of nitrogens with one attached hydrogen (secondary N) is 2. The number of hydrogen-bond acceptors (Lipinski definition) is 4. The third-order valence-corrected chi connectivity index (χ3v) is 5.02. The number of anilines is 1. The molecule has 1 atom stereocenters. The summed E-state index contributed by atoms with van der Waals surface area (Å²) in [5.41, 5.74) is 1.18. The lowest BCUT2D eigenvalue weighted by Crippen LogP contribution is -2.24. The minimum atomic E-state index is -0.515. The van der Waals surface area contributed by atoms with Gasteiger partial charge in [0.15, 0.2) is 5.16 Å². The number of nitrogens with zero attached hydrogens (tertiary/aromatic N) is 2. The van der Waals surface area contributed by atoms with E-state index in [1.807, 2.05) is 30.3 Å². The molecule has 0 aliphatic rings. The molecule has 0 saturated heterocycles. The van der Waals surface area contributed by atoms with Gasteiger partial charge in [-0.2, -0.15) is 0 Å². The summed E-state index contributed by atoms with van der Waals surface area (Å²) in [5, 5.41) is 9.04. The molecule has 2 N–H and O–H groups in total. The van der Waals surface area contributed by atoms with Gasteiger partial charge in [0.2, 0.25) is 5.91 Å². The van der Waals surface area contributed by atoms with Crippen molar-refractivity contribution < 1.29 is 9.18 Å². The van der Waals surface area contributed by atoms with Gasteiger partial charge < -0.3 is 5.32 Å². The summed E-state index contributed by atoms with van der Waals surface area (Å²) >= 11 is 1.17. The summed E-state index contributed by atoms with van der Waals surface area (Å²) in [7, 11) is 0. The Kier molecular flexibility index (Phi) is 6.08. The summed E-state index contributed by atoms with van der Waals surface area (Å²) in [4.78, 5) is 24.4.